The van der Waals surface area contributed by atoms with Crippen LogP contribution in [0.1, 0.15) is 39.5 Å². The molecule has 0 aromatic heterocycles. The molecule has 0 aromatic carbocycles. The maximum atomic E-state index is 12.5. The van der Waals surface area contributed by atoms with Crippen LogP contribution >= 0.6 is 12.6 Å². The Morgan fingerprint density at radius 2 is 1.68 bits per heavy atom. The molecule has 11 heteroatoms. The molecule has 3 unspecified atom stereocenters. The molecule has 0 bridgehead atoms. The highest BCUT2D eigenvalue weighted by Gasteiger charge is 2.27. The van der Waals surface area contributed by atoms with Crippen molar-refractivity contribution in [3.63, 3.8) is 0 Å². The second kappa shape index (κ2) is 14.2. The predicted molar refractivity (Wildman–Crippen MR) is 109 cm³/mol. The van der Waals surface area contributed by atoms with Crippen LogP contribution < -0.4 is 27.4 Å². The van der Waals surface area contributed by atoms with E-state index in [4.69, 9.17) is 11.5 Å². The van der Waals surface area contributed by atoms with Crippen molar-refractivity contribution in [1.29, 1.82) is 0 Å². The molecule has 28 heavy (non-hydrogen) atoms. The summed E-state index contributed by atoms with van der Waals surface area (Å²) in [6.45, 7) is 3.78. The van der Waals surface area contributed by atoms with Crippen LogP contribution in [0.4, 0.5) is 0 Å². The first kappa shape index (κ1) is 26.1. The summed E-state index contributed by atoms with van der Waals surface area (Å²) in [5, 5.41) is 16.6. The highest BCUT2D eigenvalue weighted by molar-refractivity contribution is 7.80. The summed E-state index contributed by atoms with van der Waals surface area (Å²) in [6, 6.07) is -2.81. The molecule has 0 aromatic rings. The normalized spacial score (nSPS) is 14.1. The van der Waals surface area contributed by atoms with E-state index < -0.39 is 41.8 Å². The standard InChI is InChI=1S/C17H33N5O5S/c1-10(2)7-13(17(26)27)22-16(25)12(5-3-4-6-18)21-14(23)8-20-15(24)11(19)9-28/h10-13,28H,3-9,18-19H2,1-2H3,(H,20,24)(H,21,23)(H,22,25)(H,26,27). The fraction of sp³-hybridized carbons (Fsp3) is 0.765. The van der Waals surface area contributed by atoms with Gasteiger partial charge in [0.25, 0.3) is 0 Å². The third-order valence-corrected chi connectivity index (χ3v) is 4.27. The monoisotopic (exact) mass is 419 g/mol. The van der Waals surface area contributed by atoms with Crippen LogP contribution in [0.3, 0.4) is 0 Å². The SMILES string of the molecule is CC(C)CC(NC(=O)C(CCCCN)NC(=O)CNC(=O)C(N)CS)C(=O)O. The van der Waals surface area contributed by atoms with Crippen LogP contribution in [0, 0.1) is 5.92 Å². The smallest absolute Gasteiger partial charge is 0.326 e. The topological polar surface area (TPSA) is 177 Å². The number of nitrogens with one attached hydrogen (secondary N) is 3. The largest absolute Gasteiger partial charge is 0.480 e. The number of hydrogen-bond acceptors (Lipinski definition) is 7. The van der Waals surface area contributed by atoms with E-state index in [2.05, 4.69) is 28.6 Å². The van der Waals surface area contributed by atoms with Gasteiger partial charge in [0.05, 0.1) is 12.6 Å². The molecule has 0 aliphatic rings. The number of rotatable bonds is 14. The van der Waals surface area contributed by atoms with Crippen molar-refractivity contribution in [2.45, 2.75) is 57.7 Å². The van der Waals surface area contributed by atoms with Crippen LogP contribution in [0.25, 0.3) is 0 Å². The Hall–Kier alpha value is -1.85. The first-order valence-corrected chi connectivity index (χ1v) is 9.92. The molecule has 162 valence electrons. The molecule has 0 aliphatic carbocycles. The van der Waals surface area contributed by atoms with Gasteiger partial charge in [-0.2, -0.15) is 12.6 Å². The van der Waals surface area contributed by atoms with Gasteiger partial charge >= 0.3 is 5.97 Å². The van der Waals surface area contributed by atoms with Crippen molar-refractivity contribution >= 4 is 36.3 Å². The molecule has 0 fully saturated rings. The first-order valence-electron chi connectivity index (χ1n) is 9.29. The summed E-state index contributed by atoms with van der Waals surface area (Å²) in [5.41, 5.74) is 11.0. The summed E-state index contributed by atoms with van der Waals surface area (Å²) in [5.74, 6) is -2.64. The Bertz CT molecular complexity index is 532. The predicted octanol–water partition coefficient (Wildman–Crippen LogP) is -1.41. The average molecular weight is 420 g/mol. The van der Waals surface area contributed by atoms with E-state index in [1.165, 1.54) is 0 Å². The van der Waals surface area contributed by atoms with Gasteiger partial charge in [-0.15, -0.1) is 0 Å². The van der Waals surface area contributed by atoms with Crippen molar-refractivity contribution in [1.82, 2.24) is 16.0 Å². The lowest BCUT2D eigenvalue weighted by molar-refractivity contribution is -0.142. The molecule has 0 heterocycles. The van der Waals surface area contributed by atoms with Crippen molar-refractivity contribution in [2.24, 2.45) is 17.4 Å². The van der Waals surface area contributed by atoms with Crippen molar-refractivity contribution in [3.05, 3.63) is 0 Å². The molecule has 10 nitrogen and oxygen atoms in total. The quantitative estimate of drug-likeness (QED) is 0.134. The maximum absolute atomic E-state index is 12.5. The van der Waals surface area contributed by atoms with Crippen LogP contribution in [0.5, 0.6) is 0 Å². The van der Waals surface area contributed by atoms with Crippen LogP contribution in [0.2, 0.25) is 0 Å². The van der Waals surface area contributed by atoms with Crippen LogP contribution in [-0.4, -0.2) is 65.8 Å². The number of carboxylic acids is 1. The van der Waals surface area contributed by atoms with Crippen molar-refractivity contribution < 1.29 is 24.3 Å². The maximum Gasteiger partial charge on any atom is 0.326 e. The molecule has 0 spiro atoms. The Labute approximate surface area is 171 Å². The minimum absolute atomic E-state index is 0.0675. The Morgan fingerprint density at radius 1 is 1.04 bits per heavy atom. The Kier molecular flexibility index (Phi) is 13.3. The number of unbranched alkanes of at least 4 members (excludes halogenated alkanes) is 1. The lowest BCUT2D eigenvalue weighted by atomic mass is 10.0. The van der Waals surface area contributed by atoms with Crippen LogP contribution in [0.15, 0.2) is 0 Å². The minimum Gasteiger partial charge on any atom is -0.480 e. The first-order chi connectivity index (χ1) is 13.1. The van der Waals surface area contributed by atoms with Gasteiger partial charge in [0.1, 0.15) is 12.1 Å². The third-order valence-electron chi connectivity index (χ3n) is 3.88. The summed E-state index contributed by atoms with van der Waals surface area (Å²) >= 11 is 3.90. The molecule has 0 aliphatic heterocycles. The summed E-state index contributed by atoms with van der Waals surface area (Å²) in [7, 11) is 0. The van der Waals surface area contributed by atoms with E-state index in [1.807, 2.05) is 13.8 Å². The summed E-state index contributed by atoms with van der Waals surface area (Å²) in [6.07, 6.45) is 1.80. The van der Waals surface area contributed by atoms with E-state index >= 15 is 0 Å². The van der Waals surface area contributed by atoms with E-state index in [0.717, 1.165) is 0 Å². The van der Waals surface area contributed by atoms with E-state index in [9.17, 15) is 24.3 Å². The number of amides is 3. The number of aliphatic carboxylic acids is 1. The second-order valence-electron chi connectivity index (χ2n) is 6.94. The van der Waals surface area contributed by atoms with E-state index in [-0.39, 0.29) is 24.6 Å². The van der Waals surface area contributed by atoms with Crippen LogP contribution in [-0.2, 0) is 19.2 Å². The van der Waals surface area contributed by atoms with E-state index in [1.54, 1.807) is 0 Å². The summed E-state index contributed by atoms with van der Waals surface area (Å²) in [4.78, 5) is 47.6. The van der Waals surface area contributed by atoms with Gasteiger partial charge in [-0.1, -0.05) is 13.8 Å². The fourth-order valence-electron chi connectivity index (χ4n) is 2.35. The zero-order valence-corrected chi connectivity index (χ0v) is 17.3. The van der Waals surface area contributed by atoms with Crippen molar-refractivity contribution in [3.8, 4) is 0 Å². The molecule has 0 rings (SSSR count). The summed E-state index contributed by atoms with van der Waals surface area (Å²) < 4.78 is 0. The van der Waals surface area contributed by atoms with Gasteiger partial charge in [0, 0.05) is 5.75 Å². The lowest BCUT2D eigenvalue weighted by Crippen LogP contribution is -2.54. The van der Waals surface area contributed by atoms with Gasteiger partial charge in [-0.3, -0.25) is 14.4 Å². The highest BCUT2D eigenvalue weighted by Crippen LogP contribution is 2.07. The number of hydrogen-bond donors (Lipinski definition) is 7. The molecular weight excluding hydrogens is 386 g/mol. The Balaban J connectivity index is 4.90. The zero-order valence-electron chi connectivity index (χ0n) is 16.4. The zero-order chi connectivity index (χ0) is 21.7. The fourth-order valence-corrected chi connectivity index (χ4v) is 2.52. The third kappa shape index (κ3) is 11.1. The van der Waals surface area contributed by atoms with E-state index in [0.29, 0.717) is 25.8 Å². The molecule has 0 saturated heterocycles. The number of carboxylic acid groups (broad SMARTS) is 1. The van der Waals surface area contributed by atoms with Gasteiger partial charge in [-0.25, -0.2) is 4.79 Å². The number of carbonyl (C=O) groups is 4. The average Bonchev–Trinajstić information content (AvgIpc) is 2.63. The number of thiol groups is 1. The number of nitrogens with two attached hydrogens (primary N) is 2. The van der Waals surface area contributed by atoms with Gasteiger partial charge in [0.2, 0.25) is 17.7 Å². The van der Waals surface area contributed by atoms with Crippen molar-refractivity contribution in [2.75, 3.05) is 18.8 Å². The molecule has 8 N–H and O–H groups in total. The van der Waals surface area contributed by atoms with Gasteiger partial charge in [-0.05, 0) is 38.1 Å². The molecule has 0 saturated carbocycles. The molecular formula is C17H33N5O5S. The van der Waals surface area contributed by atoms with Gasteiger partial charge < -0.3 is 32.5 Å². The van der Waals surface area contributed by atoms with Gasteiger partial charge in [0.15, 0.2) is 0 Å². The lowest BCUT2D eigenvalue weighted by Gasteiger charge is -2.22. The molecule has 3 amide bonds. The highest BCUT2D eigenvalue weighted by atomic mass is 32.1. The Morgan fingerprint density at radius 3 is 2.18 bits per heavy atom. The molecule has 3 atom stereocenters. The molecule has 0 radical (unpaired) electrons. The minimum atomic E-state index is -1.14. The number of carbonyl (C=O) groups excluding carboxylic acids is 3. The second-order valence-corrected chi connectivity index (χ2v) is 7.31.